The Balaban J connectivity index is 1.90. The van der Waals surface area contributed by atoms with Crippen molar-refractivity contribution in [1.29, 1.82) is 0 Å². The van der Waals surface area contributed by atoms with Crippen molar-refractivity contribution >= 4 is 34.3 Å². The molecule has 0 fully saturated rings. The summed E-state index contributed by atoms with van der Waals surface area (Å²) in [6, 6.07) is 4.29. The molecular formula is C12H15ClN2S2. The molecular weight excluding hydrogens is 272 g/mol. The smallest absolute Gasteiger partial charge is 0.109 e. The van der Waals surface area contributed by atoms with Crippen molar-refractivity contribution < 1.29 is 0 Å². The van der Waals surface area contributed by atoms with Crippen LogP contribution < -0.4 is 5.32 Å². The number of aromatic nitrogens is 1. The summed E-state index contributed by atoms with van der Waals surface area (Å²) in [7, 11) is 0. The van der Waals surface area contributed by atoms with Crippen molar-refractivity contribution in [2.24, 2.45) is 0 Å². The summed E-state index contributed by atoms with van der Waals surface area (Å²) in [5.74, 6) is 0. The van der Waals surface area contributed by atoms with Gasteiger partial charge in [-0.2, -0.15) is 0 Å². The van der Waals surface area contributed by atoms with Gasteiger partial charge in [0.1, 0.15) is 5.01 Å². The molecule has 0 spiro atoms. The lowest BCUT2D eigenvalue weighted by Crippen LogP contribution is -2.17. The number of halogens is 1. The van der Waals surface area contributed by atoms with Crippen LogP contribution in [0.5, 0.6) is 0 Å². The molecule has 0 radical (unpaired) electrons. The minimum atomic E-state index is 0.293. The fraction of sp³-hybridized carbons (Fsp3) is 0.417. The molecule has 0 aliphatic carbocycles. The predicted molar refractivity (Wildman–Crippen MR) is 76.1 cm³/mol. The Labute approximate surface area is 115 Å². The van der Waals surface area contributed by atoms with Crippen LogP contribution in [0.4, 0.5) is 0 Å². The van der Waals surface area contributed by atoms with Crippen LogP contribution in [0.2, 0.25) is 4.34 Å². The summed E-state index contributed by atoms with van der Waals surface area (Å²) in [6.07, 6.45) is 3.03. The average Bonchev–Trinajstić information content (AvgIpc) is 2.94. The third-order valence-corrected chi connectivity index (χ3v) is 5.06. The maximum atomic E-state index is 5.90. The average molecular weight is 287 g/mol. The molecule has 2 aromatic rings. The molecule has 1 unspecified atom stereocenters. The van der Waals surface area contributed by atoms with E-state index in [4.69, 9.17) is 11.6 Å². The van der Waals surface area contributed by atoms with Gasteiger partial charge in [-0.05, 0) is 25.5 Å². The van der Waals surface area contributed by atoms with E-state index in [-0.39, 0.29) is 0 Å². The lowest BCUT2D eigenvalue weighted by Gasteiger charge is -2.09. The number of rotatable bonds is 5. The first-order chi connectivity index (χ1) is 8.19. The van der Waals surface area contributed by atoms with Gasteiger partial charge in [-0.1, -0.05) is 18.5 Å². The summed E-state index contributed by atoms with van der Waals surface area (Å²) in [5.41, 5.74) is 0. The predicted octanol–water partition coefficient (Wildman–Crippen LogP) is 4.27. The third-order valence-electron chi connectivity index (χ3n) is 2.50. The SMILES string of the molecule is CCc1cnc(C(C)NCc2ccc(Cl)s2)s1. The van der Waals surface area contributed by atoms with Gasteiger partial charge in [0.2, 0.25) is 0 Å². The van der Waals surface area contributed by atoms with Crippen molar-refractivity contribution in [2.45, 2.75) is 32.9 Å². The number of thiazole rings is 1. The van der Waals surface area contributed by atoms with Crippen LogP contribution in [0.25, 0.3) is 0 Å². The molecule has 5 heteroatoms. The van der Waals surface area contributed by atoms with Crippen LogP contribution in [0.1, 0.15) is 34.7 Å². The second kappa shape index (κ2) is 5.96. The van der Waals surface area contributed by atoms with E-state index >= 15 is 0 Å². The molecule has 2 rings (SSSR count). The van der Waals surface area contributed by atoms with Crippen molar-refractivity contribution in [3.63, 3.8) is 0 Å². The van der Waals surface area contributed by atoms with Gasteiger partial charge in [-0.15, -0.1) is 22.7 Å². The van der Waals surface area contributed by atoms with Crippen molar-refractivity contribution in [3.8, 4) is 0 Å². The molecule has 0 bridgehead atoms. The lowest BCUT2D eigenvalue weighted by molar-refractivity contribution is 0.576. The summed E-state index contributed by atoms with van der Waals surface area (Å²) in [6.45, 7) is 5.15. The van der Waals surface area contributed by atoms with Crippen LogP contribution in [0.3, 0.4) is 0 Å². The number of hydrogen-bond donors (Lipinski definition) is 1. The maximum Gasteiger partial charge on any atom is 0.109 e. The maximum absolute atomic E-state index is 5.90. The van der Waals surface area contributed by atoms with Crippen LogP contribution in [-0.4, -0.2) is 4.98 Å². The van der Waals surface area contributed by atoms with Crippen molar-refractivity contribution in [3.05, 3.63) is 37.4 Å². The van der Waals surface area contributed by atoms with Gasteiger partial charge >= 0.3 is 0 Å². The molecule has 0 aromatic carbocycles. The van der Waals surface area contributed by atoms with Crippen LogP contribution in [0, 0.1) is 0 Å². The Bertz CT molecular complexity index is 478. The molecule has 2 nitrogen and oxygen atoms in total. The first kappa shape index (κ1) is 13.0. The van der Waals surface area contributed by atoms with Crippen LogP contribution >= 0.6 is 34.3 Å². The summed E-state index contributed by atoms with van der Waals surface area (Å²) in [4.78, 5) is 7.04. The summed E-state index contributed by atoms with van der Waals surface area (Å²) >= 11 is 9.30. The molecule has 0 amide bonds. The highest BCUT2D eigenvalue weighted by Crippen LogP contribution is 2.23. The van der Waals surface area contributed by atoms with E-state index in [1.807, 2.05) is 12.3 Å². The van der Waals surface area contributed by atoms with Gasteiger partial charge in [0.25, 0.3) is 0 Å². The number of thiophene rings is 1. The van der Waals surface area contributed by atoms with Gasteiger partial charge in [-0.25, -0.2) is 4.98 Å². The molecule has 0 saturated heterocycles. The molecule has 0 saturated carbocycles. The molecule has 1 N–H and O–H groups in total. The van der Waals surface area contributed by atoms with Gasteiger partial charge in [0, 0.05) is 22.5 Å². The van der Waals surface area contributed by atoms with E-state index in [0.29, 0.717) is 6.04 Å². The van der Waals surface area contributed by atoms with Gasteiger partial charge < -0.3 is 5.32 Å². The highest BCUT2D eigenvalue weighted by molar-refractivity contribution is 7.16. The van der Waals surface area contributed by atoms with Gasteiger partial charge in [0.15, 0.2) is 0 Å². The van der Waals surface area contributed by atoms with Gasteiger partial charge in [-0.3, -0.25) is 0 Å². The number of nitrogens with zero attached hydrogens (tertiary/aromatic N) is 1. The Morgan fingerprint density at radius 2 is 2.18 bits per heavy atom. The molecule has 17 heavy (non-hydrogen) atoms. The number of aryl methyl sites for hydroxylation is 1. The zero-order valence-corrected chi connectivity index (χ0v) is 12.3. The van der Waals surface area contributed by atoms with E-state index in [1.54, 1.807) is 22.7 Å². The van der Waals surface area contributed by atoms with Crippen LogP contribution in [-0.2, 0) is 13.0 Å². The van der Waals surface area contributed by atoms with E-state index in [2.05, 4.69) is 30.2 Å². The first-order valence-corrected chi connectivity index (χ1v) is 7.62. The topological polar surface area (TPSA) is 24.9 Å². The second-order valence-corrected chi connectivity index (χ2v) is 6.77. The Morgan fingerprint density at radius 3 is 2.76 bits per heavy atom. The summed E-state index contributed by atoms with van der Waals surface area (Å²) in [5, 5.41) is 4.62. The van der Waals surface area contributed by atoms with Gasteiger partial charge in [0.05, 0.1) is 10.4 Å². The van der Waals surface area contributed by atoms with E-state index in [0.717, 1.165) is 22.3 Å². The minimum Gasteiger partial charge on any atom is -0.303 e. The minimum absolute atomic E-state index is 0.293. The standard InChI is InChI=1S/C12H15ClN2S2/c1-3-9-6-15-12(17-9)8(2)14-7-10-4-5-11(13)16-10/h4-6,8,14H,3,7H2,1-2H3. The highest BCUT2D eigenvalue weighted by atomic mass is 35.5. The normalized spacial score (nSPS) is 12.9. The summed E-state index contributed by atoms with van der Waals surface area (Å²) < 4.78 is 0.844. The van der Waals surface area contributed by atoms with Crippen LogP contribution in [0.15, 0.2) is 18.3 Å². The fourth-order valence-electron chi connectivity index (χ4n) is 1.47. The number of nitrogens with one attached hydrogen (secondary N) is 1. The molecule has 1 atom stereocenters. The van der Waals surface area contributed by atoms with E-state index in [1.165, 1.54) is 9.75 Å². The molecule has 2 aromatic heterocycles. The molecule has 92 valence electrons. The molecule has 0 aliphatic rings. The highest BCUT2D eigenvalue weighted by Gasteiger charge is 2.09. The van der Waals surface area contributed by atoms with E-state index < -0.39 is 0 Å². The Morgan fingerprint density at radius 1 is 1.35 bits per heavy atom. The third kappa shape index (κ3) is 3.52. The quantitative estimate of drug-likeness (QED) is 0.888. The molecule has 2 heterocycles. The fourth-order valence-corrected chi connectivity index (χ4v) is 3.40. The zero-order valence-electron chi connectivity index (χ0n) is 9.87. The molecule has 0 aliphatic heterocycles. The zero-order chi connectivity index (χ0) is 12.3. The van der Waals surface area contributed by atoms with Crippen molar-refractivity contribution in [1.82, 2.24) is 10.3 Å². The second-order valence-electron chi connectivity index (χ2n) is 3.83. The van der Waals surface area contributed by atoms with Crippen molar-refractivity contribution in [2.75, 3.05) is 0 Å². The lowest BCUT2D eigenvalue weighted by atomic mass is 10.3. The monoisotopic (exact) mass is 286 g/mol. The largest absolute Gasteiger partial charge is 0.303 e. The van der Waals surface area contributed by atoms with E-state index in [9.17, 15) is 0 Å². The first-order valence-electron chi connectivity index (χ1n) is 5.61. The number of hydrogen-bond acceptors (Lipinski definition) is 4. The Hall–Kier alpha value is -0.420. The Kier molecular flexibility index (Phi) is 4.56.